The van der Waals surface area contributed by atoms with Gasteiger partial charge in [0.1, 0.15) is 11.5 Å². The molecule has 0 fully saturated rings. The zero-order valence-electron chi connectivity index (χ0n) is 23.5. The van der Waals surface area contributed by atoms with Crippen LogP contribution in [0.15, 0.2) is 103 Å². The summed E-state index contributed by atoms with van der Waals surface area (Å²) >= 11 is 0. The number of fused-ring (bicyclic) bond motifs is 8. The van der Waals surface area contributed by atoms with Crippen molar-refractivity contribution in [2.24, 2.45) is 0 Å². The fourth-order valence-corrected chi connectivity index (χ4v) is 6.69. The first-order valence-electron chi connectivity index (χ1n) is 13.8. The van der Waals surface area contributed by atoms with Crippen LogP contribution in [-0.2, 0) is 15.8 Å². The summed E-state index contributed by atoms with van der Waals surface area (Å²) in [6.07, 6.45) is 4.38. The van der Waals surface area contributed by atoms with Gasteiger partial charge in [-0.3, -0.25) is 0 Å². The first-order valence-corrected chi connectivity index (χ1v) is 13.8. The van der Waals surface area contributed by atoms with Crippen molar-refractivity contribution < 1.29 is 19.0 Å². The molecule has 4 heteroatoms. The average Bonchev–Trinajstić information content (AvgIpc) is 3.27. The highest BCUT2D eigenvalue weighted by atomic mass is 16.5. The highest BCUT2D eigenvalue weighted by Gasteiger charge is 2.44. The molecule has 2 aliphatic rings. The van der Waals surface area contributed by atoms with E-state index in [0.717, 1.165) is 33.6 Å². The third-order valence-electron chi connectivity index (χ3n) is 8.70. The second kappa shape index (κ2) is 9.10. The van der Waals surface area contributed by atoms with E-state index in [9.17, 15) is 4.79 Å². The molecule has 0 spiro atoms. The van der Waals surface area contributed by atoms with E-state index in [-0.39, 0.29) is 11.4 Å². The fraction of sp³-hybridized carbons (Fsp3) is 0.162. The maximum atomic E-state index is 12.2. The Balaban J connectivity index is 1.50. The summed E-state index contributed by atoms with van der Waals surface area (Å²) < 4.78 is 17.7. The lowest BCUT2D eigenvalue weighted by Gasteiger charge is -2.38. The van der Waals surface area contributed by atoms with Crippen molar-refractivity contribution in [1.82, 2.24) is 0 Å². The van der Waals surface area contributed by atoms with Gasteiger partial charge in [0.2, 0.25) is 0 Å². The van der Waals surface area contributed by atoms with E-state index in [0.29, 0.717) is 5.56 Å². The number of hydrogen-bond donors (Lipinski definition) is 0. The van der Waals surface area contributed by atoms with Crippen LogP contribution in [0, 0.1) is 0 Å². The Bertz CT molecular complexity index is 1860. The monoisotopic (exact) mass is 538 g/mol. The maximum absolute atomic E-state index is 12.2. The van der Waals surface area contributed by atoms with E-state index in [1.165, 1.54) is 34.7 Å². The minimum Gasteiger partial charge on any atom is -0.497 e. The smallest absolute Gasteiger partial charge is 0.337 e. The Morgan fingerprint density at radius 1 is 0.756 bits per heavy atom. The number of carbonyl (C=O) groups is 1. The zero-order valence-corrected chi connectivity index (χ0v) is 23.5. The summed E-state index contributed by atoms with van der Waals surface area (Å²) in [6.45, 7) is 4.61. The first kappa shape index (κ1) is 25.2. The standard InChI is InChI=1S/C37H30O4/c1-36(2)31-12-8-7-11-29(31)32-27-9-5-6-10-28(27)34-30(33(32)36)21-22-37(41-34,25-17-19-26(39-3)20-18-25)24-15-13-23(14-16-24)35(38)40-4/h5-22H,1-4H3. The molecule has 202 valence electrons. The molecule has 0 amide bonds. The molecule has 0 radical (unpaired) electrons. The largest absolute Gasteiger partial charge is 0.497 e. The van der Waals surface area contributed by atoms with Gasteiger partial charge in [0.15, 0.2) is 5.60 Å². The van der Waals surface area contributed by atoms with Crippen molar-refractivity contribution in [2.45, 2.75) is 24.9 Å². The number of esters is 1. The Hall–Kier alpha value is -4.83. The minimum atomic E-state index is -0.930. The Morgan fingerprint density at radius 2 is 1.39 bits per heavy atom. The van der Waals surface area contributed by atoms with E-state index >= 15 is 0 Å². The summed E-state index contributed by atoms with van der Waals surface area (Å²) in [6, 6.07) is 32.7. The molecule has 0 saturated heterocycles. The molecule has 1 heterocycles. The van der Waals surface area contributed by atoms with Gasteiger partial charge in [0.25, 0.3) is 0 Å². The molecule has 1 atom stereocenters. The third-order valence-corrected chi connectivity index (χ3v) is 8.70. The summed E-state index contributed by atoms with van der Waals surface area (Å²) in [5.74, 6) is 1.26. The number of benzene rings is 5. The lowest BCUT2D eigenvalue weighted by Crippen LogP contribution is -2.35. The van der Waals surface area contributed by atoms with Gasteiger partial charge in [0.05, 0.1) is 19.8 Å². The van der Waals surface area contributed by atoms with Crippen LogP contribution in [-0.4, -0.2) is 20.2 Å². The highest BCUT2D eigenvalue weighted by molar-refractivity contribution is 6.08. The lowest BCUT2D eigenvalue weighted by atomic mass is 9.77. The summed E-state index contributed by atoms with van der Waals surface area (Å²) in [5, 5.41) is 2.25. The second-order valence-electron chi connectivity index (χ2n) is 11.2. The van der Waals surface area contributed by atoms with Crippen molar-refractivity contribution >= 4 is 22.8 Å². The van der Waals surface area contributed by atoms with Gasteiger partial charge in [-0.05, 0) is 58.0 Å². The van der Waals surface area contributed by atoms with E-state index in [4.69, 9.17) is 14.2 Å². The Morgan fingerprint density at radius 3 is 2.07 bits per heavy atom. The summed E-state index contributed by atoms with van der Waals surface area (Å²) in [7, 11) is 3.05. The van der Waals surface area contributed by atoms with Crippen LogP contribution in [0.3, 0.4) is 0 Å². The molecule has 0 saturated carbocycles. The molecule has 1 unspecified atom stereocenters. The van der Waals surface area contributed by atoms with Crippen molar-refractivity contribution in [3.05, 3.63) is 137 Å². The average molecular weight is 539 g/mol. The van der Waals surface area contributed by atoms with Gasteiger partial charge in [-0.1, -0.05) is 92.7 Å². The molecule has 0 aromatic heterocycles. The molecule has 5 aromatic rings. The van der Waals surface area contributed by atoms with E-state index in [1.54, 1.807) is 19.2 Å². The van der Waals surface area contributed by atoms with Gasteiger partial charge < -0.3 is 14.2 Å². The molecule has 0 N–H and O–H groups in total. The van der Waals surface area contributed by atoms with E-state index in [1.807, 2.05) is 36.4 Å². The zero-order chi connectivity index (χ0) is 28.4. The van der Waals surface area contributed by atoms with Crippen molar-refractivity contribution in [3.8, 4) is 22.6 Å². The highest BCUT2D eigenvalue weighted by Crippen LogP contribution is 2.58. The minimum absolute atomic E-state index is 0.198. The van der Waals surface area contributed by atoms with E-state index in [2.05, 4.69) is 74.5 Å². The summed E-state index contributed by atoms with van der Waals surface area (Å²) in [5.41, 5.74) is 7.51. The Labute approximate surface area is 239 Å². The number of ether oxygens (including phenoxy) is 3. The molecule has 0 bridgehead atoms. The van der Waals surface area contributed by atoms with E-state index < -0.39 is 5.60 Å². The SMILES string of the molecule is COC(=O)c1ccc(C2(c3ccc(OC)cc3)C=Cc3c4c(c5ccccc5c3O2)-c2ccccc2C4(C)C)cc1. The number of rotatable bonds is 4. The van der Waals surface area contributed by atoms with Gasteiger partial charge in [-0.15, -0.1) is 0 Å². The van der Waals surface area contributed by atoms with Crippen LogP contribution >= 0.6 is 0 Å². The van der Waals surface area contributed by atoms with Crippen LogP contribution < -0.4 is 9.47 Å². The maximum Gasteiger partial charge on any atom is 0.337 e. The lowest BCUT2D eigenvalue weighted by molar-refractivity contribution is 0.0600. The normalized spacial score (nSPS) is 17.8. The van der Waals surface area contributed by atoms with Gasteiger partial charge in [-0.25, -0.2) is 4.79 Å². The molecule has 41 heavy (non-hydrogen) atoms. The quantitative estimate of drug-likeness (QED) is 0.216. The Kier molecular flexibility index (Phi) is 5.58. The van der Waals surface area contributed by atoms with Crippen molar-refractivity contribution in [1.29, 1.82) is 0 Å². The molecule has 4 nitrogen and oxygen atoms in total. The predicted molar refractivity (Wildman–Crippen MR) is 163 cm³/mol. The molecule has 5 aromatic carbocycles. The van der Waals surface area contributed by atoms with Crippen LogP contribution in [0.25, 0.3) is 28.0 Å². The topological polar surface area (TPSA) is 44.8 Å². The number of carbonyl (C=O) groups excluding carboxylic acids is 1. The second-order valence-corrected chi connectivity index (χ2v) is 11.2. The molecule has 7 rings (SSSR count). The van der Waals surface area contributed by atoms with Crippen LogP contribution in [0.2, 0.25) is 0 Å². The van der Waals surface area contributed by atoms with Crippen molar-refractivity contribution in [2.75, 3.05) is 14.2 Å². The summed E-state index contributed by atoms with van der Waals surface area (Å²) in [4.78, 5) is 12.2. The molecule has 1 aliphatic carbocycles. The molecular formula is C37H30O4. The predicted octanol–water partition coefficient (Wildman–Crippen LogP) is 8.29. The van der Waals surface area contributed by atoms with Gasteiger partial charge in [-0.2, -0.15) is 0 Å². The first-order chi connectivity index (χ1) is 19.9. The number of methoxy groups -OCH3 is 2. The van der Waals surface area contributed by atoms with Crippen LogP contribution in [0.1, 0.15) is 52.0 Å². The van der Waals surface area contributed by atoms with Crippen LogP contribution in [0.5, 0.6) is 11.5 Å². The molecule has 1 aliphatic heterocycles. The van der Waals surface area contributed by atoms with Crippen molar-refractivity contribution in [3.63, 3.8) is 0 Å². The van der Waals surface area contributed by atoms with Crippen LogP contribution in [0.4, 0.5) is 0 Å². The number of hydrogen-bond acceptors (Lipinski definition) is 4. The fourth-order valence-electron chi connectivity index (χ4n) is 6.69. The van der Waals surface area contributed by atoms with Gasteiger partial charge in [0, 0.05) is 27.5 Å². The molecular weight excluding hydrogens is 508 g/mol. The third kappa shape index (κ3) is 3.57. The van der Waals surface area contributed by atoms with Gasteiger partial charge >= 0.3 is 5.97 Å².